The molecule has 0 aliphatic carbocycles. The third kappa shape index (κ3) is 2.88. The molecule has 7 heteroatoms. The predicted molar refractivity (Wildman–Crippen MR) is 80.2 cm³/mol. The van der Waals surface area contributed by atoms with Gasteiger partial charge in [0.05, 0.1) is 12.1 Å². The molecular weight excluding hydrogens is 282 g/mol. The van der Waals surface area contributed by atoms with Gasteiger partial charge in [-0.2, -0.15) is 4.52 Å². The molecule has 112 valence electrons. The van der Waals surface area contributed by atoms with Crippen LogP contribution in [0.5, 0.6) is 0 Å². The van der Waals surface area contributed by atoms with E-state index >= 15 is 0 Å². The van der Waals surface area contributed by atoms with Crippen molar-refractivity contribution in [1.29, 1.82) is 0 Å². The number of likely N-dealkylation sites (N-methyl/N-ethyl adjacent to an activating group) is 1. The molecule has 0 saturated carbocycles. The third-order valence-electron chi connectivity index (χ3n) is 3.34. The zero-order valence-electron chi connectivity index (χ0n) is 12.1. The summed E-state index contributed by atoms with van der Waals surface area (Å²) in [6.45, 7) is 0.517. The average Bonchev–Trinajstić information content (AvgIpc) is 2.97. The number of nitrogens with zero attached hydrogens (tertiary/aromatic N) is 4. The molecule has 1 aromatic carbocycles. The number of carbonyl (C=O) groups excluding carboxylic acids is 1. The summed E-state index contributed by atoms with van der Waals surface area (Å²) < 4.78 is 1.22. The van der Waals surface area contributed by atoms with Crippen molar-refractivity contribution in [3.63, 3.8) is 0 Å². The van der Waals surface area contributed by atoms with Gasteiger partial charge in [0.2, 0.25) is 5.91 Å². The molecule has 1 N–H and O–H groups in total. The largest absolute Gasteiger partial charge is 0.341 e. The lowest BCUT2D eigenvalue weighted by molar-refractivity contribution is -0.129. The summed E-state index contributed by atoms with van der Waals surface area (Å²) in [7, 11) is 1.73. The Morgan fingerprint density at radius 3 is 2.86 bits per heavy atom. The summed E-state index contributed by atoms with van der Waals surface area (Å²) in [5, 5.41) is 2.66. The quantitative estimate of drug-likeness (QED) is 0.765. The number of aromatic amines is 1. The standard InChI is InChI=1S/C15H15N5O2/c1-19(9-11-5-3-2-4-6-11)13(21)7-12-8-14(22)20-15(18-12)16-10-17-20/h2-6,8,10H,7,9H2,1H3,(H,16,17,18). The maximum Gasteiger partial charge on any atom is 0.274 e. The number of hydrogen-bond acceptors (Lipinski definition) is 4. The first kappa shape index (κ1) is 14.0. The number of fused-ring (bicyclic) bond motifs is 1. The first-order chi connectivity index (χ1) is 10.6. The molecule has 7 nitrogen and oxygen atoms in total. The molecule has 1 amide bonds. The Balaban J connectivity index is 1.73. The highest BCUT2D eigenvalue weighted by Crippen LogP contribution is 2.05. The number of H-pyrrole nitrogens is 1. The molecule has 3 aromatic rings. The van der Waals surface area contributed by atoms with E-state index in [4.69, 9.17) is 0 Å². The number of carbonyl (C=O) groups is 1. The maximum absolute atomic E-state index is 12.3. The third-order valence-corrected chi connectivity index (χ3v) is 3.34. The van der Waals surface area contributed by atoms with E-state index in [-0.39, 0.29) is 23.7 Å². The second-order valence-corrected chi connectivity index (χ2v) is 5.02. The minimum absolute atomic E-state index is 0.0714. The van der Waals surface area contributed by atoms with E-state index in [9.17, 15) is 9.59 Å². The van der Waals surface area contributed by atoms with Gasteiger partial charge in [-0.25, -0.2) is 9.97 Å². The molecule has 22 heavy (non-hydrogen) atoms. The van der Waals surface area contributed by atoms with Crippen molar-refractivity contribution in [2.24, 2.45) is 0 Å². The van der Waals surface area contributed by atoms with Crippen molar-refractivity contribution in [1.82, 2.24) is 24.5 Å². The summed E-state index contributed by atoms with van der Waals surface area (Å²) in [6.07, 6.45) is 1.46. The summed E-state index contributed by atoms with van der Waals surface area (Å²) in [5.41, 5.74) is 1.19. The van der Waals surface area contributed by atoms with Crippen molar-refractivity contribution >= 4 is 11.7 Å². The van der Waals surface area contributed by atoms with Crippen molar-refractivity contribution in [3.8, 4) is 0 Å². The monoisotopic (exact) mass is 297 g/mol. The molecule has 0 spiro atoms. The second-order valence-electron chi connectivity index (χ2n) is 5.02. The molecular formula is C15H15N5O2. The lowest BCUT2D eigenvalue weighted by atomic mass is 10.2. The first-order valence-electron chi connectivity index (χ1n) is 6.83. The Morgan fingerprint density at radius 2 is 2.09 bits per heavy atom. The second kappa shape index (κ2) is 5.80. The van der Waals surface area contributed by atoms with E-state index in [0.29, 0.717) is 12.2 Å². The zero-order chi connectivity index (χ0) is 15.5. The first-order valence-corrected chi connectivity index (χ1v) is 6.83. The smallest absolute Gasteiger partial charge is 0.274 e. The van der Waals surface area contributed by atoms with Gasteiger partial charge in [0.25, 0.3) is 11.3 Å². The number of hydrogen-bond donors (Lipinski definition) is 1. The Bertz CT molecular complexity index is 853. The minimum Gasteiger partial charge on any atom is -0.341 e. The van der Waals surface area contributed by atoms with Crippen LogP contribution in [0, 0.1) is 0 Å². The van der Waals surface area contributed by atoms with Crippen LogP contribution in [0.2, 0.25) is 0 Å². The fraction of sp³-hybridized carbons (Fsp3) is 0.200. The molecule has 0 bridgehead atoms. The molecule has 2 heterocycles. The normalized spacial score (nSPS) is 10.8. The summed E-state index contributed by atoms with van der Waals surface area (Å²) >= 11 is 0. The van der Waals surface area contributed by atoms with Gasteiger partial charge in [0.15, 0.2) is 0 Å². The van der Waals surface area contributed by atoms with E-state index in [1.165, 1.54) is 16.9 Å². The summed E-state index contributed by atoms with van der Waals surface area (Å²) in [6, 6.07) is 11.1. The van der Waals surface area contributed by atoms with Gasteiger partial charge in [-0.3, -0.25) is 14.7 Å². The van der Waals surface area contributed by atoms with Crippen LogP contribution >= 0.6 is 0 Å². The number of nitrogens with one attached hydrogen (secondary N) is 1. The molecule has 0 aliphatic heterocycles. The highest BCUT2D eigenvalue weighted by molar-refractivity contribution is 5.78. The van der Waals surface area contributed by atoms with Crippen molar-refractivity contribution in [2.45, 2.75) is 13.0 Å². The van der Waals surface area contributed by atoms with Gasteiger partial charge >= 0.3 is 0 Å². The number of amides is 1. The highest BCUT2D eigenvalue weighted by atomic mass is 16.2. The van der Waals surface area contributed by atoms with Gasteiger partial charge < -0.3 is 4.90 Å². The molecule has 0 atom stereocenters. The number of aromatic nitrogens is 4. The summed E-state index contributed by atoms with van der Waals surface area (Å²) in [5.74, 6) is 0.164. The van der Waals surface area contributed by atoms with Crippen molar-refractivity contribution in [2.75, 3.05) is 7.05 Å². The van der Waals surface area contributed by atoms with Gasteiger partial charge in [-0.05, 0) is 5.56 Å². The van der Waals surface area contributed by atoms with Crippen LogP contribution in [-0.2, 0) is 17.8 Å². The SMILES string of the molecule is CN(Cc1ccccc1)C(=O)Cc1cc(=O)n2[nH]cnc2n1. The molecule has 2 aromatic heterocycles. The zero-order valence-corrected chi connectivity index (χ0v) is 12.1. The number of rotatable bonds is 4. The van der Waals surface area contributed by atoms with Crippen LogP contribution in [0.4, 0.5) is 0 Å². The minimum atomic E-state index is -0.281. The maximum atomic E-state index is 12.3. The van der Waals surface area contributed by atoms with Crippen molar-refractivity contribution in [3.05, 3.63) is 64.3 Å². The molecule has 0 aliphatic rings. The van der Waals surface area contributed by atoms with Gasteiger partial charge in [0.1, 0.15) is 6.33 Å². The molecule has 0 fully saturated rings. The number of benzene rings is 1. The van der Waals surface area contributed by atoms with E-state index in [1.807, 2.05) is 30.3 Å². The fourth-order valence-corrected chi connectivity index (χ4v) is 2.19. The molecule has 3 rings (SSSR count). The van der Waals surface area contributed by atoms with Gasteiger partial charge in [-0.15, -0.1) is 0 Å². The van der Waals surface area contributed by atoms with Crippen LogP contribution in [0.15, 0.2) is 47.5 Å². The average molecular weight is 297 g/mol. The van der Waals surface area contributed by atoms with Crippen LogP contribution in [-0.4, -0.2) is 37.4 Å². The Kier molecular flexibility index (Phi) is 3.69. The predicted octanol–water partition coefficient (Wildman–Crippen LogP) is 0.619. The van der Waals surface area contributed by atoms with E-state index in [0.717, 1.165) is 5.56 Å². The Labute approximate surface area is 126 Å². The summed E-state index contributed by atoms with van der Waals surface area (Å²) in [4.78, 5) is 33.8. The van der Waals surface area contributed by atoms with Crippen LogP contribution in [0.3, 0.4) is 0 Å². The van der Waals surface area contributed by atoms with Crippen LogP contribution in [0.1, 0.15) is 11.3 Å². The van der Waals surface area contributed by atoms with E-state index in [2.05, 4.69) is 15.1 Å². The lowest BCUT2D eigenvalue weighted by Crippen LogP contribution is -2.28. The highest BCUT2D eigenvalue weighted by Gasteiger charge is 2.13. The van der Waals surface area contributed by atoms with Crippen LogP contribution < -0.4 is 5.56 Å². The van der Waals surface area contributed by atoms with Crippen molar-refractivity contribution < 1.29 is 4.79 Å². The Morgan fingerprint density at radius 1 is 1.32 bits per heavy atom. The topological polar surface area (TPSA) is 83.4 Å². The Hall–Kier alpha value is -2.96. The molecule has 0 saturated heterocycles. The van der Waals surface area contributed by atoms with Gasteiger partial charge in [0, 0.05) is 19.7 Å². The van der Waals surface area contributed by atoms with E-state index in [1.54, 1.807) is 11.9 Å². The fourth-order valence-electron chi connectivity index (χ4n) is 2.19. The molecule has 0 unspecified atom stereocenters. The van der Waals surface area contributed by atoms with Crippen LogP contribution in [0.25, 0.3) is 5.78 Å². The van der Waals surface area contributed by atoms with E-state index < -0.39 is 0 Å². The molecule has 0 radical (unpaired) electrons. The lowest BCUT2D eigenvalue weighted by Gasteiger charge is -2.17. The van der Waals surface area contributed by atoms with Gasteiger partial charge in [-0.1, -0.05) is 30.3 Å².